The maximum Gasteiger partial charge on any atom is 0.254 e. The highest BCUT2D eigenvalue weighted by molar-refractivity contribution is 5.96. The van der Waals surface area contributed by atoms with Gasteiger partial charge in [0.15, 0.2) is 0 Å². The van der Waals surface area contributed by atoms with Gasteiger partial charge in [-0.15, -0.1) is 0 Å². The van der Waals surface area contributed by atoms with Crippen LogP contribution < -0.4 is 0 Å². The van der Waals surface area contributed by atoms with Gasteiger partial charge >= 0.3 is 0 Å². The zero-order valence-electron chi connectivity index (χ0n) is 14.5. The Morgan fingerprint density at radius 2 is 1.50 bits per heavy atom. The van der Waals surface area contributed by atoms with Crippen molar-refractivity contribution >= 4 is 5.91 Å². The average Bonchev–Trinajstić information content (AvgIpc) is 2.70. The van der Waals surface area contributed by atoms with Crippen molar-refractivity contribution in [3.63, 3.8) is 0 Å². The number of hydrogen-bond acceptors (Lipinski definition) is 1. The van der Waals surface area contributed by atoms with Gasteiger partial charge in [-0.3, -0.25) is 4.79 Å². The summed E-state index contributed by atoms with van der Waals surface area (Å²) in [7, 11) is 0. The smallest absolute Gasteiger partial charge is 0.254 e. The van der Waals surface area contributed by atoms with Crippen LogP contribution in [0.1, 0.15) is 32.6 Å². The zero-order chi connectivity index (χ0) is 17.8. The Labute approximate surface area is 154 Å². The summed E-state index contributed by atoms with van der Waals surface area (Å²) in [6.45, 7) is 1.41. The van der Waals surface area contributed by atoms with Crippen LogP contribution in [0.2, 0.25) is 0 Å². The van der Waals surface area contributed by atoms with Gasteiger partial charge in [0.2, 0.25) is 0 Å². The number of hydrogen-bond donors (Lipinski definition) is 0. The van der Waals surface area contributed by atoms with E-state index in [1.807, 2.05) is 65.6 Å². The molecule has 0 radical (unpaired) electrons. The van der Waals surface area contributed by atoms with E-state index >= 15 is 0 Å². The van der Waals surface area contributed by atoms with E-state index in [4.69, 9.17) is 0 Å². The van der Waals surface area contributed by atoms with Crippen LogP contribution in [0.15, 0.2) is 78.9 Å². The van der Waals surface area contributed by atoms with Crippen molar-refractivity contribution in [1.82, 2.24) is 4.90 Å². The number of rotatable bonds is 2. The summed E-state index contributed by atoms with van der Waals surface area (Å²) in [6.07, 6.45) is 0.870. The molecule has 0 spiro atoms. The topological polar surface area (TPSA) is 20.3 Å². The van der Waals surface area contributed by atoms with Crippen LogP contribution in [0, 0.1) is 11.8 Å². The number of carbonyl (C=O) groups is 1. The number of amides is 1. The summed E-state index contributed by atoms with van der Waals surface area (Å²) in [5, 5.41) is 0. The van der Waals surface area contributed by atoms with Crippen LogP contribution in [0.3, 0.4) is 0 Å². The van der Waals surface area contributed by atoms with Gasteiger partial charge in [-0.05, 0) is 47.9 Å². The van der Waals surface area contributed by atoms with Gasteiger partial charge in [0.25, 0.3) is 5.91 Å². The Morgan fingerprint density at radius 1 is 0.808 bits per heavy atom. The molecule has 0 aromatic heterocycles. The Morgan fingerprint density at radius 3 is 2.27 bits per heavy atom. The minimum atomic E-state index is 0.109. The molecule has 3 aromatic carbocycles. The quantitative estimate of drug-likeness (QED) is 0.639. The second-order valence-corrected chi connectivity index (χ2v) is 6.45. The van der Waals surface area contributed by atoms with Crippen LogP contribution in [-0.2, 0) is 13.0 Å². The summed E-state index contributed by atoms with van der Waals surface area (Å²) in [4.78, 5) is 14.7. The van der Waals surface area contributed by atoms with E-state index in [9.17, 15) is 4.79 Å². The Hall–Kier alpha value is -3.31. The molecule has 26 heavy (non-hydrogen) atoms. The molecule has 0 fully saturated rings. The molecular formula is C24H19NO. The molecule has 0 aliphatic carbocycles. The molecule has 0 saturated heterocycles. The van der Waals surface area contributed by atoms with E-state index in [-0.39, 0.29) is 5.91 Å². The highest BCUT2D eigenvalue weighted by Crippen LogP contribution is 2.22. The third kappa shape index (κ3) is 3.53. The molecule has 2 heteroatoms. The van der Waals surface area contributed by atoms with E-state index in [2.05, 4.69) is 30.0 Å². The molecule has 126 valence electrons. The van der Waals surface area contributed by atoms with Crippen LogP contribution in [0.5, 0.6) is 0 Å². The maximum absolute atomic E-state index is 12.8. The Balaban J connectivity index is 1.53. The molecule has 4 rings (SSSR count). The predicted octanol–water partition coefficient (Wildman–Crippen LogP) is 4.28. The lowest BCUT2D eigenvalue weighted by Crippen LogP contribution is -2.37. The van der Waals surface area contributed by atoms with Crippen molar-refractivity contribution in [3.8, 4) is 11.8 Å². The first-order chi connectivity index (χ1) is 12.8. The fourth-order valence-electron chi connectivity index (χ4n) is 3.23. The first-order valence-corrected chi connectivity index (χ1v) is 8.83. The molecule has 0 atom stereocenters. The van der Waals surface area contributed by atoms with Gasteiger partial charge in [0.1, 0.15) is 0 Å². The number of benzene rings is 3. The lowest BCUT2D eigenvalue weighted by Gasteiger charge is -2.28. The van der Waals surface area contributed by atoms with Gasteiger partial charge in [-0.2, -0.15) is 0 Å². The molecule has 0 saturated carbocycles. The minimum Gasteiger partial charge on any atom is -0.334 e. The Bertz CT molecular complexity index is 981. The lowest BCUT2D eigenvalue weighted by atomic mass is 9.96. The summed E-state index contributed by atoms with van der Waals surface area (Å²) in [5.74, 6) is 6.49. The average molecular weight is 337 g/mol. The molecule has 1 heterocycles. The van der Waals surface area contributed by atoms with E-state index in [0.29, 0.717) is 6.54 Å². The third-order valence-electron chi connectivity index (χ3n) is 4.62. The summed E-state index contributed by atoms with van der Waals surface area (Å²) >= 11 is 0. The van der Waals surface area contributed by atoms with Crippen LogP contribution in [0.25, 0.3) is 0 Å². The van der Waals surface area contributed by atoms with E-state index in [1.165, 1.54) is 0 Å². The Kier molecular flexibility index (Phi) is 4.53. The third-order valence-corrected chi connectivity index (χ3v) is 4.62. The number of carbonyl (C=O) groups excluding carboxylic acids is 1. The molecule has 1 amide bonds. The van der Waals surface area contributed by atoms with Crippen molar-refractivity contribution in [3.05, 3.63) is 107 Å². The van der Waals surface area contributed by atoms with Gasteiger partial charge in [0.05, 0.1) is 0 Å². The molecule has 0 N–H and O–H groups in total. The zero-order valence-corrected chi connectivity index (χ0v) is 14.5. The van der Waals surface area contributed by atoms with Gasteiger partial charge < -0.3 is 4.90 Å². The highest BCUT2D eigenvalue weighted by Gasteiger charge is 2.24. The minimum absolute atomic E-state index is 0.109. The standard InChI is InChI=1S/C24H19NO/c26-24-23-14-13-20(12-11-19-7-3-1-4-8-19)17-22(23)15-16-25(24)18-21-9-5-2-6-10-21/h1-10,13-14,17H,15-16,18H2. The SMILES string of the molecule is O=C1c2ccc(C#Cc3ccccc3)cc2CCN1Cc1ccccc1. The fourth-order valence-corrected chi connectivity index (χ4v) is 3.23. The molecular weight excluding hydrogens is 318 g/mol. The fraction of sp³-hybridized carbons (Fsp3) is 0.125. The normalized spacial score (nSPS) is 12.9. The molecule has 1 aliphatic heterocycles. The van der Waals surface area contributed by atoms with Crippen molar-refractivity contribution in [1.29, 1.82) is 0 Å². The summed E-state index contributed by atoms with van der Waals surface area (Å²) in [6, 6.07) is 26.0. The monoisotopic (exact) mass is 337 g/mol. The van der Waals surface area contributed by atoms with Crippen LogP contribution in [0.4, 0.5) is 0 Å². The van der Waals surface area contributed by atoms with Gasteiger partial charge in [0, 0.05) is 29.8 Å². The van der Waals surface area contributed by atoms with Crippen molar-refractivity contribution in [2.45, 2.75) is 13.0 Å². The number of fused-ring (bicyclic) bond motifs is 1. The van der Waals surface area contributed by atoms with Crippen molar-refractivity contribution in [2.24, 2.45) is 0 Å². The maximum atomic E-state index is 12.8. The summed E-state index contributed by atoms with van der Waals surface area (Å²) < 4.78 is 0. The molecule has 3 aromatic rings. The van der Waals surface area contributed by atoms with E-state index in [0.717, 1.165) is 40.8 Å². The second kappa shape index (κ2) is 7.29. The molecule has 0 bridgehead atoms. The predicted molar refractivity (Wildman–Crippen MR) is 104 cm³/mol. The largest absolute Gasteiger partial charge is 0.334 e. The van der Waals surface area contributed by atoms with Gasteiger partial charge in [-0.25, -0.2) is 0 Å². The summed E-state index contributed by atoms with van der Waals surface area (Å²) in [5.41, 5.74) is 5.01. The van der Waals surface area contributed by atoms with Crippen molar-refractivity contribution in [2.75, 3.05) is 6.54 Å². The second-order valence-electron chi connectivity index (χ2n) is 6.45. The lowest BCUT2D eigenvalue weighted by molar-refractivity contribution is 0.0727. The van der Waals surface area contributed by atoms with E-state index in [1.54, 1.807) is 0 Å². The molecule has 0 unspecified atom stereocenters. The van der Waals surface area contributed by atoms with Gasteiger partial charge in [-0.1, -0.05) is 60.4 Å². The van der Waals surface area contributed by atoms with E-state index < -0.39 is 0 Å². The van der Waals surface area contributed by atoms with Crippen LogP contribution in [-0.4, -0.2) is 17.4 Å². The number of nitrogens with zero attached hydrogens (tertiary/aromatic N) is 1. The first kappa shape index (κ1) is 16.2. The highest BCUT2D eigenvalue weighted by atomic mass is 16.2. The first-order valence-electron chi connectivity index (χ1n) is 8.83. The molecule has 2 nitrogen and oxygen atoms in total. The van der Waals surface area contributed by atoms with Crippen molar-refractivity contribution < 1.29 is 4.79 Å². The van der Waals surface area contributed by atoms with Crippen LogP contribution >= 0.6 is 0 Å². The molecule has 1 aliphatic rings.